The van der Waals surface area contributed by atoms with E-state index in [2.05, 4.69) is 22.4 Å². The van der Waals surface area contributed by atoms with Gasteiger partial charge in [0.05, 0.1) is 5.71 Å². The molecule has 1 aromatic heterocycles. The standard InChI is InChI=1S/C17H18FN3O/c1-2-3-4-16(13-5-7-15(18)8-6-13)20-21-17(22)14-9-11-19-12-10-14/h5-12H,2-4H2,1H3,(H,21,22)/b20-16-. The molecule has 1 heterocycles. The van der Waals surface area contributed by atoms with Crippen LogP contribution in [0, 0.1) is 5.82 Å². The lowest BCUT2D eigenvalue weighted by molar-refractivity contribution is 0.0954. The molecule has 0 saturated heterocycles. The molecule has 0 atom stereocenters. The van der Waals surface area contributed by atoms with Crippen molar-refractivity contribution in [3.63, 3.8) is 0 Å². The molecule has 0 spiro atoms. The van der Waals surface area contributed by atoms with Gasteiger partial charge in [-0.25, -0.2) is 9.82 Å². The van der Waals surface area contributed by atoms with Crippen LogP contribution < -0.4 is 5.43 Å². The van der Waals surface area contributed by atoms with Crippen molar-refractivity contribution in [3.8, 4) is 0 Å². The van der Waals surface area contributed by atoms with Crippen LogP contribution in [0.25, 0.3) is 0 Å². The van der Waals surface area contributed by atoms with E-state index in [1.54, 1.807) is 36.7 Å². The van der Waals surface area contributed by atoms with Gasteiger partial charge in [0.1, 0.15) is 5.82 Å². The van der Waals surface area contributed by atoms with Gasteiger partial charge in [-0.3, -0.25) is 9.78 Å². The zero-order valence-electron chi connectivity index (χ0n) is 12.4. The van der Waals surface area contributed by atoms with E-state index in [-0.39, 0.29) is 11.7 Å². The van der Waals surface area contributed by atoms with Crippen LogP contribution in [0.15, 0.2) is 53.9 Å². The molecular formula is C17H18FN3O. The Morgan fingerprint density at radius 2 is 1.82 bits per heavy atom. The maximum absolute atomic E-state index is 13.0. The minimum Gasteiger partial charge on any atom is -0.267 e. The van der Waals surface area contributed by atoms with E-state index in [4.69, 9.17) is 0 Å². The van der Waals surface area contributed by atoms with Gasteiger partial charge >= 0.3 is 0 Å². The summed E-state index contributed by atoms with van der Waals surface area (Å²) in [4.78, 5) is 15.9. The summed E-state index contributed by atoms with van der Waals surface area (Å²) in [6, 6.07) is 9.36. The summed E-state index contributed by atoms with van der Waals surface area (Å²) in [6.07, 6.45) is 5.78. The summed E-state index contributed by atoms with van der Waals surface area (Å²) in [6.45, 7) is 2.08. The Hall–Kier alpha value is -2.56. The molecule has 114 valence electrons. The van der Waals surface area contributed by atoms with E-state index in [0.717, 1.165) is 30.5 Å². The van der Waals surface area contributed by atoms with E-state index >= 15 is 0 Å². The van der Waals surface area contributed by atoms with Gasteiger partial charge in [-0.05, 0) is 42.7 Å². The average Bonchev–Trinajstić information content (AvgIpc) is 2.56. The lowest BCUT2D eigenvalue weighted by Gasteiger charge is -2.07. The zero-order valence-corrected chi connectivity index (χ0v) is 12.4. The number of rotatable bonds is 6. The number of halogens is 1. The van der Waals surface area contributed by atoms with Gasteiger partial charge in [0.25, 0.3) is 5.91 Å². The monoisotopic (exact) mass is 299 g/mol. The number of hydrogen-bond donors (Lipinski definition) is 1. The van der Waals surface area contributed by atoms with Crippen molar-refractivity contribution >= 4 is 11.6 Å². The fourth-order valence-corrected chi connectivity index (χ4v) is 1.94. The lowest BCUT2D eigenvalue weighted by atomic mass is 10.1. The molecule has 5 heteroatoms. The highest BCUT2D eigenvalue weighted by atomic mass is 19.1. The summed E-state index contributed by atoms with van der Waals surface area (Å²) >= 11 is 0. The Morgan fingerprint density at radius 3 is 2.45 bits per heavy atom. The highest BCUT2D eigenvalue weighted by Crippen LogP contribution is 2.09. The second kappa shape index (κ2) is 8.02. The number of unbranched alkanes of at least 4 members (excludes halogenated alkanes) is 1. The molecule has 0 aliphatic carbocycles. The lowest BCUT2D eigenvalue weighted by Crippen LogP contribution is -2.20. The Labute approximate surface area is 129 Å². The summed E-state index contributed by atoms with van der Waals surface area (Å²) < 4.78 is 13.0. The molecule has 2 rings (SSSR count). The largest absolute Gasteiger partial charge is 0.271 e. The van der Waals surface area contributed by atoms with Crippen LogP contribution in [0.1, 0.15) is 42.1 Å². The van der Waals surface area contributed by atoms with Crippen molar-refractivity contribution in [3.05, 3.63) is 65.7 Å². The number of amides is 1. The molecule has 1 N–H and O–H groups in total. The number of benzene rings is 1. The van der Waals surface area contributed by atoms with E-state index in [0.29, 0.717) is 5.56 Å². The van der Waals surface area contributed by atoms with Gasteiger partial charge in [0, 0.05) is 18.0 Å². The highest BCUT2D eigenvalue weighted by Gasteiger charge is 2.07. The van der Waals surface area contributed by atoms with Gasteiger partial charge in [0.2, 0.25) is 0 Å². The second-order valence-corrected chi connectivity index (χ2v) is 4.85. The third-order valence-electron chi connectivity index (χ3n) is 3.18. The molecule has 2 aromatic rings. The van der Waals surface area contributed by atoms with Crippen molar-refractivity contribution in [1.29, 1.82) is 0 Å². The summed E-state index contributed by atoms with van der Waals surface area (Å²) in [7, 11) is 0. The van der Waals surface area contributed by atoms with Crippen LogP contribution in [0.2, 0.25) is 0 Å². The number of carbonyl (C=O) groups excluding carboxylic acids is 1. The maximum Gasteiger partial charge on any atom is 0.271 e. The second-order valence-electron chi connectivity index (χ2n) is 4.85. The molecule has 0 fully saturated rings. The van der Waals surface area contributed by atoms with E-state index in [1.807, 2.05) is 0 Å². The number of pyridine rings is 1. The zero-order chi connectivity index (χ0) is 15.8. The number of nitrogens with zero attached hydrogens (tertiary/aromatic N) is 2. The summed E-state index contributed by atoms with van der Waals surface area (Å²) in [5.41, 5.74) is 4.59. The van der Waals surface area contributed by atoms with Gasteiger partial charge in [-0.15, -0.1) is 0 Å². The first-order valence-electron chi connectivity index (χ1n) is 7.23. The van der Waals surface area contributed by atoms with Gasteiger partial charge in [-0.1, -0.05) is 25.5 Å². The number of aromatic nitrogens is 1. The third-order valence-corrected chi connectivity index (χ3v) is 3.18. The highest BCUT2D eigenvalue weighted by molar-refractivity contribution is 6.02. The number of nitrogens with one attached hydrogen (secondary N) is 1. The molecule has 0 saturated carbocycles. The number of carbonyl (C=O) groups is 1. The minimum atomic E-state index is -0.293. The van der Waals surface area contributed by atoms with Crippen LogP contribution in [-0.4, -0.2) is 16.6 Å². The molecule has 1 amide bonds. The predicted octanol–water partition coefficient (Wildman–Crippen LogP) is 3.55. The van der Waals surface area contributed by atoms with Crippen molar-refractivity contribution in [2.45, 2.75) is 26.2 Å². The van der Waals surface area contributed by atoms with E-state index in [1.165, 1.54) is 12.1 Å². The van der Waals surface area contributed by atoms with Gasteiger partial charge < -0.3 is 0 Å². The first kappa shape index (κ1) is 15.8. The molecular weight excluding hydrogens is 281 g/mol. The Morgan fingerprint density at radius 1 is 1.14 bits per heavy atom. The van der Waals surface area contributed by atoms with Crippen LogP contribution in [0.3, 0.4) is 0 Å². The molecule has 0 radical (unpaired) electrons. The average molecular weight is 299 g/mol. The van der Waals surface area contributed by atoms with Crippen LogP contribution >= 0.6 is 0 Å². The molecule has 0 bridgehead atoms. The SMILES string of the molecule is CCCC/C(=N/NC(=O)c1ccncc1)c1ccc(F)cc1. The Bertz CT molecular complexity index is 639. The van der Waals surface area contributed by atoms with Crippen LogP contribution in [0.4, 0.5) is 4.39 Å². The fourth-order valence-electron chi connectivity index (χ4n) is 1.94. The summed E-state index contributed by atoms with van der Waals surface area (Å²) in [5, 5.41) is 4.21. The fraction of sp³-hybridized carbons (Fsp3) is 0.235. The minimum absolute atomic E-state index is 0.292. The smallest absolute Gasteiger partial charge is 0.267 e. The first-order valence-corrected chi connectivity index (χ1v) is 7.23. The van der Waals surface area contributed by atoms with Crippen LogP contribution in [0.5, 0.6) is 0 Å². The van der Waals surface area contributed by atoms with E-state index in [9.17, 15) is 9.18 Å². The Kier molecular flexibility index (Phi) is 5.77. The first-order chi connectivity index (χ1) is 10.7. The third kappa shape index (κ3) is 4.48. The molecule has 0 aliphatic rings. The number of hydrazone groups is 1. The topological polar surface area (TPSA) is 54.4 Å². The van der Waals surface area contributed by atoms with Crippen molar-refractivity contribution in [2.24, 2.45) is 5.10 Å². The normalized spacial score (nSPS) is 11.3. The van der Waals surface area contributed by atoms with Crippen LogP contribution in [-0.2, 0) is 0 Å². The number of hydrogen-bond acceptors (Lipinski definition) is 3. The van der Waals surface area contributed by atoms with Crippen molar-refractivity contribution < 1.29 is 9.18 Å². The summed E-state index contributed by atoms with van der Waals surface area (Å²) in [5.74, 6) is -0.585. The molecule has 0 unspecified atom stereocenters. The molecule has 22 heavy (non-hydrogen) atoms. The van der Waals surface area contributed by atoms with Crippen molar-refractivity contribution in [2.75, 3.05) is 0 Å². The molecule has 0 aliphatic heterocycles. The van der Waals surface area contributed by atoms with Gasteiger partial charge in [-0.2, -0.15) is 5.10 Å². The van der Waals surface area contributed by atoms with E-state index < -0.39 is 0 Å². The van der Waals surface area contributed by atoms with Gasteiger partial charge in [0.15, 0.2) is 0 Å². The molecule has 4 nitrogen and oxygen atoms in total. The maximum atomic E-state index is 13.0. The molecule has 1 aromatic carbocycles. The quantitative estimate of drug-likeness (QED) is 0.655. The Balaban J connectivity index is 2.14. The van der Waals surface area contributed by atoms with Crippen molar-refractivity contribution in [1.82, 2.24) is 10.4 Å². The predicted molar refractivity (Wildman–Crippen MR) is 84.2 cm³/mol.